The maximum absolute atomic E-state index is 4.47. The molecule has 0 amide bonds. The molecule has 1 aliphatic rings. The van der Waals surface area contributed by atoms with Crippen LogP contribution in [0.2, 0.25) is 0 Å². The van der Waals surface area contributed by atoms with Crippen molar-refractivity contribution < 1.29 is 0 Å². The Labute approximate surface area is 123 Å². The summed E-state index contributed by atoms with van der Waals surface area (Å²) in [5.74, 6) is 2.75. The molecule has 0 aromatic carbocycles. The van der Waals surface area contributed by atoms with E-state index >= 15 is 0 Å². The van der Waals surface area contributed by atoms with Crippen LogP contribution in [0.5, 0.6) is 0 Å². The summed E-state index contributed by atoms with van der Waals surface area (Å²) >= 11 is 0. The summed E-state index contributed by atoms with van der Waals surface area (Å²) < 4.78 is 0. The smallest absolute Gasteiger partial charge is 0.128 e. The quantitative estimate of drug-likeness (QED) is 0.836. The summed E-state index contributed by atoms with van der Waals surface area (Å²) in [7, 11) is 4.04. The summed E-state index contributed by atoms with van der Waals surface area (Å²) in [5.41, 5.74) is 1.16. The van der Waals surface area contributed by atoms with Gasteiger partial charge in [0.25, 0.3) is 0 Å². The second-order valence-corrected chi connectivity index (χ2v) is 6.65. The Morgan fingerprint density at radius 3 is 2.55 bits per heavy atom. The minimum Gasteiger partial charge on any atom is -0.381 e. The van der Waals surface area contributed by atoms with Gasteiger partial charge in [0.2, 0.25) is 0 Å². The molecule has 0 radical (unpaired) electrons. The molecule has 1 aliphatic carbocycles. The zero-order valence-corrected chi connectivity index (χ0v) is 13.4. The minimum atomic E-state index is 0.616. The molecule has 1 aromatic heterocycles. The van der Waals surface area contributed by atoms with Gasteiger partial charge in [-0.05, 0) is 43.2 Å². The average molecular weight is 275 g/mol. The van der Waals surface area contributed by atoms with E-state index in [0.29, 0.717) is 6.04 Å². The predicted molar refractivity (Wildman–Crippen MR) is 87.4 cm³/mol. The molecule has 0 spiro atoms. The second-order valence-electron chi connectivity index (χ2n) is 6.65. The van der Waals surface area contributed by atoms with E-state index in [4.69, 9.17) is 0 Å². The second kappa shape index (κ2) is 6.96. The van der Waals surface area contributed by atoms with Crippen molar-refractivity contribution in [1.82, 2.24) is 4.98 Å². The molecular weight excluding hydrogens is 246 g/mol. The number of anilines is 2. The van der Waals surface area contributed by atoms with Gasteiger partial charge < -0.3 is 10.2 Å². The van der Waals surface area contributed by atoms with E-state index in [2.05, 4.69) is 36.3 Å². The molecular formula is C17H29N3. The van der Waals surface area contributed by atoms with E-state index in [0.717, 1.165) is 23.3 Å². The van der Waals surface area contributed by atoms with Crippen molar-refractivity contribution >= 4 is 11.5 Å². The fraction of sp³-hybridized carbons (Fsp3) is 0.706. The molecule has 1 saturated carbocycles. The molecule has 0 aliphatic heterocycles. The van der Waals surface area contributed by atoms with Gasteiger partial charge >= 0.3 is 0 Å². The Hall–Kier alpha value is -1.25. The topological polar surface area (TPSA) is 28.2 Å². The molecule has 1 heterocycles. The van der Waals surface area contributed by atoms with Gasteiger partial charge in [0.15, 0.2) is 0 Å². The third-order valence-electron chi connectivity index (χ3n) is 4.53. The lowest BCUT2D eigenvalue weighted by Gasteiger charge is -2.20. The number of nitrogens with one attached hydrogen (secondary N) is 1. The molecule has 3 heteroatoms. The van der Waals surface area contributed by atoms with Crippen LogP contribution < -0.4 is 10.2 Å². The standard InChI is InChI=1S/C17H29N3/c1-13(2)14-6-5-7-15(9-8-14)19-16-10-11-17(18-12-16)20(3)4/h10-15,19H,5-9H2,1-4H3. The van der Waals surface area contributed by atoms with Crippen LogP contribution in [0.1, 0.15) is 46.0 Å². The van der Waals surface area contributed by atoms with Crippen molar-refractivity contribution in [2.75, 3.05) is 24.3 Å². The summed E-state index contributed by atoms with van der Waals surface area (Å²) in [6.45, 7) is 4.73. The zero-order valence-electron chi connectivity index (χ0n) is 13.4. The van der Waals surface area contributed by atoms with E-state index in [-0.39, 0.29) is 0 Å². The van der Waals surface area contributed by atoms with Gasteiger partial charge in [-0.1, -0.05) is 26.7 Å². The first-order valence-electron chi connectivity index (χ1n) is 7.96. The molecule has 2 rings (SSSR count). The molecule has 3 nitrogen and oxygen atoms in total. The minimum absolute atomic E-state index is 0.616. The van der Waals surface area contributed by atoms with Crippen molar-refractivity contribution in [3.05, 3.63) is 18.3 Å². The Balaban J connectivity index is 1.89. The Kier molecular flexibility index (Phi) is 5.27. The molecule has 20 heavy (non-hydrogen) atoms. The van der Waals surface area contributed by atoms with Crippen molar-refractivity contribution in [1.29, 1.82) is 0 Å². The number of aromatic nitrogens is 1. The highest BCUT2D eigenvalue weighted by atomic mass is 15.1. The first-order chi connectivity index (χ1) is 9.56. The van der Waals surface area contributed by atoms with Gasteiger partial charge in [-0.15, -0.1) is 0 Å². The summed E-state index contributed by atoms with van der Waals surface area (Å²) in [6.07, 6.45) is 8.65. The fourth-order valence-electron chi connectivity index (χ4n) is 3.11. The Bertz CT molecular complexity index is 397. The molecule has 1 aromatic rings. The molecule has 0 saturated heterocycles. The average Bonchev–Trinajstić information content (AvgIpc) is 2.65. The number of hydrogen-bond donors (Lipinski definition) is 1. The number of rotatable bonds is 4. The van der Waals surface area contributed by atoms with Crippen molar-refractivity contribution in [3.8, 4) is 0 Å². The highest BCUT2D eigenvalue weighted by Gasteiger charge is 2.20. The summed E-state index contributed by atoms with van der Waals surface area (Å²) in [4.78, 5) is 6.50. The van der Waals surface area contributed by atoms with Gasteiger partial charge in [0, 0.05) is 20.1 Å². The van der Waals surface area contributed by atoms with Gasteiger partial charge in [-0.25, -0.2) is 4.98 Å². The van der Waals surface area contributed by atoms with E-state index in [1.807, 2.05) is 25.2 Å². The molecule has 2 atom stereocenters. The van der Waals surface area contributed by atoms with Crippen LogP contribution in [-0.2, 0) is 0 Å². The first kappa shape index (κ1) is 15.1. The lowest BCUT2D eigenvalue weighted by molar-refractivity contribution is 0.341. The zero-order chi connectivity index (χ0) is 14.5. The highest BCUT2D eigenvalue weighted by molar-refractivity contribution is 5.48. The first-order valence-corrected chi connectivity index (χ1v) is 7.96. The lowest BCUT2D eigenvalue weighted by Crippen LogP contribution is -2.19. The van der Waals surface area contributed by atoms with Crippen LogP contribution in [-0.4, -0.2) is 25.1 Å². The number of nitrogens with zero attached hydrogens (tertiary/aromatic N) is 2. The van der Waals surface area contributed by atoms with Gasteiger partial charge in [0.1, 0.15) is 5.82 Å². The summed E-state index contributed by atoms with van der Waals surface area (Å²) in [5, 5.41) is 3.67. The largest absolute Gasteiger partial charge is 0.381 e. The maximum Gasteiger partial charge on any atom is 0.128 e. The van der Waals surface area contributed by atoms with Gasteiger partial charge in [-0.3, -0.25) is 0 Å². The summed E-state index contributed by atoms with van der Waals surface area (Å²) in [6, 6.07) is 4.84. The normalized spacial score (nSPS) is 23.4. The SMILES string of the molecule is CC(C)C1CCCC(Nc2ccc(N(C)C)nc2)CC1. The van der Waals surface area contributed by atoms with Crippen LogP contribution in [0.3, 0.4) is 0 Å². The highest BCUT2D eigenvalue weighted by Crippen LogP contribution is 2.30. The van der Waals surface area contributed by atoms with Gasteiger partial charge in [-0.2, -0.15) is 0 Å². The van der Waals surface area contributed by atoms with Crippen molar-refractivity contribution in [3.63, 3.8) is 0 Å². The number of pyridine rings is 1. The van der Waals surface area contributed by atoms with E-state index in [9.17, 15) is 0 Å². The van der Waals surface area contributed by atoms with E-state index in [1.165, 1.54) is 32.1 Å². The van der Waals surface area contributed by atoms with Crippen molar-refractivity contribution in [2.24, 2.45) is 11.8 Å². The van der Waals surface area contributed by atoms with Gasteiger partial charge in [0.05, 0.1) is 11.9 Å². The molecule has 2 unspecified atom stereocenters. The van der Waals surface area contributed by atoms with Crippen molar-refractivity contribution in [2.45, 2.75) is 52.0 Å². The van der Waals surface area contributed by atoms with E-state index in [1.54, 1.807) is 0 Å². The van der Waals surface area contributed by atoms with Crippen LogP contribution in [0.15, 0.2) is 18.3 Å². The monoisotopic (exact) mass is 275 g/mol. The molecule has 1 N–H and O–H groups in total. The Morgan fingerprint density at radius 2 is 1.95 bits per heavy atom. The fourth-order valence-corrected chi connectivity index (χ4v) is 3.11. The molecule has 1 fully saturated rings. The van der Waals surface area contributed by atoms with Crippen LogP contribution in [0, 0.1) is 11.8 Å². The predicted octanol–water partition coefficient (Wildman–Crippen LogP) is 4.16. The maximum atomic E-state index is 4.47. The van der Waals surface area contributed by atoms with Crippen LogP contribution >= 0.6 is 0 Å². The van der Waals surface area contributed by atoms with Crippen LogP contribution in [0.4, 0.5) is 11.5 Å². The third kappa shape index (κ3) is 4.12. The van der Waals surface area contributed by atoms with E-state index < -0.39 is 0 Å². The molecule has 112 valence electrons. The third-order valence-corrected chi connectivity index (χ3v) is 4.53. The van der Waals surface area contributed by atoms with Crippen LogP contribution in [0.25, 0.3) is 0 Å². The number of hydrogen-bond acceptors (Lipinski definition) is 3. The lowest BCUT2D eigenvalue weighted by atomic mass is 9.89. The Morgan fingerprint density at radius 1 is 1.15 bits per heavy atom. The molecule has 0 bridgehead atoms.